The Kier molecular flexibility index (Phi) is 2.57. The van der Waals surface area contributed by atoms with Gasteiger partial charge in [-0.2, -0.15) is 0 Å². The molecule has 0 aliphatic carbocycles. The minimum atomic E-state index is -0.971. The SMILES string of the molecule is C[C@H]1C[C@@H](O)[C@H](O)C(O)S1. The van der Waals surface area contributed by atoms with Crippen LogP contribution in [0.15, 0.2) is 0 Å². The van der Waals surface area contributed by atoms with E-state index in [0.29, 0.717) is 6.42 Å². The standard InChI is InChI=1S/C6H12O3S/c1-3-2-4(7)5(8)6(9)10-3/h3-9H,2H2,1H3/t3-,4+,5-,6?/m0/s1. The van der Waals surface area contributed by atoms with Crippen LogP contribution in [0.25, 0.3) is 0 Å². The molecule has 1 unspecified atom stereocenters. The van der Waals surface area contributed by atoms with Gasteiger partial charge in [-0.1, -0.05) is 6.92 Å². The van der Waals surface area contributed by atoms with Crippen LogP contribution in [0.2, 0.25) is 0 Å². The fraction of sp³-hybridized carbons (Fsp3) is 1.00. The molecule has 0 saturated carbocycles. The molecule has 4 atom stereocenters. The van der Waals surface area contributed by atoms with E-state index in [1.54, 1.807) is 0 Å². The fourth-order valence-corrected chi connectivity index (χ4v) is 2.17. The first kappa shape index (κ1) is 8.33. The number of rotatable bonds is 0. The first-order valence-corrected chi connectivity index (χ1v) is 4.25. The Bertz CT molecular complexity index is 108. The summed E-state index contributed by atoms with van der Waals surface area (Å²) in [7, 11) is 0. The van der Waals surface area contributed by atoms with Gasteiger partial charge < -0.3 is 15.3 Å². The second kappa shape index (κ2) is 3.09. The van der Waals surface area contributed by atoms with E-state index in [2.05, 4.69) is 0 Å². The first-order valence-electron chi connectivity index (χ1n) is 3.31. The minimum absolute atomic E-state index is 0.230. The van der Waals surface area contributed by atoms with Crippen LogP contribution in [-0.2, 0) is 0 Å². The van der Waals surface area contributed by atoms with Gasteiger partial charge in [-0.05, 0) is 6.42 Å². The topological polar surface area (TPSA) is 60.7 Å². The summed E-state index contributed by atoms with van der Waals surface area (Å²) in [5.41, 5.74) is -0.821. The number of hydrogen-bond acceptors (Lipinski definition) is 4. The Morgan fingerprint density at radius 3 is 2.40 bits per heavy atom. The molecule has 0 amide bonds. The van der Waals surface area contributed by atoms with Crippen LogP contribution in [-0.4, -0.2) is 38.2 Å². The smallest absolute Gasteiger partial charge is 0.128 e. The van der Waals surface area contributed by atoms with Crippen LogP contribution in [0.5, 0.6) is 0 Å². The molecule has 10 heavy (non-hydrogen) atoms. The lowest BCUT2D eigenvalue weighted by Gasteiger charge is -2.31. The van der Waals surface area contributed by atoms with Crippen LogP contribution in [0.3, 0.4) is 0 Å². The van der Waals surface area contributed by atoms with Gasteiger partial charge in [-0.15, -0.1) is 11.8 Å². The lowest BCUT2D eigenvalue weighted by atomic mass is 10.1. The summed E-state index contributed by atoms with van der Waals surface area (Å²) in [6, 6.07) is 0. The predicted octanol–water partition coefficient (Wildman–Crippen LogP) is -0.448. The predicted molar refractivity (Wildman–Crippen MR) is 39.7 cm³/mol. The summed E-state index contributed by atoms with van der Waals surface area (Å²) in [6.07, 6.45) is -1.17. The van der Waals surface area contributed by atoms with Gasteiger partial charge >= 0.3 is 0 Å². The largest absolute Gasteiger partial charge is 0.390 e. The molecule has 60 valence electrons. The van der Waals surface area contributed by atoms with Gasteiger partial charge in [0.2, 0.25) is 0 Å². The number of thioether (sulfide) groups is 1. The van der Waals surface area contributed by atoms with Crippen molar-refractivity contribution in [2.24, 2.45) is 0 Å². The van der Waals surface area contributed by atoms with E-state index in [1.165, 1.54) is 11.8 Å². The van der Waals surface area contributed by atoms with Gasteiger partial charge in [0.1, 0.15) is 11.5 Å². The molecule has 1 fully saturated rings. The number of aliphatic hydroxyl groups excluding tert-OH is 3. The Balaban J connectivity index is 2.49. The molecule has 0 aromatic carbocycles. The molecule has 0 bridgehead atoms. The highest BCUT2D eigenvalue weighted by molar-refractivity contribution is 8.00. The minimum Gasteiger partial charge on any atom is -0.390 e. The maximum atomic E-state index is 9.10. The van der Waals surface area contributed by atoms with Crippen molar-refractivity contribution in [3.8, 4) is 0 Å². The van der Waals surface area contributed by atoms with Gasteiger partial charge in [0.25, 0.3) is 0 Å². The molecular formula is C6H12O3S. The Morgan fingerprint density at radius 1 is 1.30 bits per heavy atom. The molecule has 3 N–H and O–H groups in total. The third kappa shape index (κ3) is 1.63. The molecule has 0 aromatic heterocycles. The highest BCUT2D eigenvalue weighted by Crippen LogP contribution is 2.30. The average molecular weight is 164 g/mol. The van der Waals surface area contributed by atoms with Gasteiger partial charge in [0.15, 0.2) is 0 Å². The lowest BCUT2D eigenvalue weighted by Crippen LogP contribution is -2.42. The van der Waals surface area contributed by atoms with Crippen LogP contribution < -0.4 is 0 Å². The normalized spacial score (nSPS) is 49.2. The molecular weight excluding hydrogens is 152 g/mol. The van der Waals surface area contributed by atoms with E-state index in [9.17, 15) is 0 Å². The van der Waals surface area contributed by atoms with Gasteiger partial charge in [0, 0.05) is 5.25 Å². The van der Waals surface area contributed by atoms with Gasteiger partial charge in [0.05, 0.1) is 6.10 Å². The molecule has 3 nitrogen and oxygen atoms in total. The zero-order chi connectivity index (χ0) is 7.72. The first-order chi connectivity index (χ1) is 4.61. The van der Waals surface area contributed by atoms with Crippen molar-refractivity contribution in [2.45, 2.75) is 36.2 Å². The van der Waals surface area contributed by atoms with E-state index in [4.69, 9.17) is 15.3 Å². The molecule has 4 heteroatoms. The monoisotopic (exact) mass is 164 g/mol. The van der Waals surface area contributed by atoms with Gasteiger partial charge in [-0.25, -0.2) is 0 Å². The Morgan fingerprint density at radius 2 is 1.90 bits per heavy atom. The summed E-state index contributed by atoms with van der Waals surface area (Å²) in [5.74, 6) is 0. The van der Waals surface area contributed by atoms with E-state index in [-0.39, 0.29) is 5.25 Å². The Labute approximate surface area is 64.1 Å². The fourth-order valence-electron chi connectivity index (χ4n) is 1.04. The third-order valence-electron chi connectivity index (χ3n) is 1.63. The zero-order valence-electron chi connectivity index (χ0n) is 5.77. The van der Waals surface area contributed by atoms with E-state index in [1.807, 2.05) is 6.92 Å². The summed E-state index contributed by atoms with van der Waals surface area (Å²) < 4.78 is 0. The van der Waals surface area contributed by atoms with Crippen LogP contribution in [0, 0.1) is 0 Å². The Hall–Kier alpha value is 0.230. The van der Waals surface area contributed by atoms with Crippen molar-refractivity contribution in [3.63, 3.8) is 0 Å². The van der Waals surface area contributed by atoms with Crippen molar-refractivity contribution >= 4 is 11.8 Å². The molecule has 1 saturated heterocycles. The van der Waals surface area contributed by atoms with Crippen LogP contribution in [0.1, 0.15) is 13.3 Å². The van der Waals surface area contributed by atoms with Gasteiger partial charge in [-0.3, -0.25) is 0 Å². The van der Waals surface area contributed by atoms with Crippen molar-refractivity contribution < 1.29 is 15.3 Å². The van der Waals surface area contributed by atoms with E-state index in [0.717, 1.165) is 0 Å². The average Bonchev–Trinajstić information content (AvgIpc) is 1.82. The molecule has 1 aliphatic rings. The molecule has 0 radical (unpaired) electrons. The van der Waals surface area contributed by atoms with Crippen molar-refractivity contribution in [3.05, 3.63) is 0 Å². The third-order valence-corrected chi connectivity index (χ3v) is 2.85. The molecule has 0 aromatic rings. The quantitative estimate of drug-likeness (QED) is 0.454. The molecule has 1 rings (SSSR count). The van der Waals surface area contributed by atoms with Crippen LogP contribution in [0.4, 0.5) is 0 Å². The van der Waals surface area contributed by atoms with Crippen molar-refractivity contribution in [2.75, 3.05) is 0 Å². The number of hydrogen-bond donors (Lipinski definition) is 3. The highest BCUT2D eigenvalue weighted by Gasteiger charge is 2.32. The summed E-state index contributed by atoms with van der Waals surface area (Å²) in [5, 5.41) is 27.4. The lowest BCUT2D eigenvalue weighted by molar-refractivity contribution is -0.0356. The van der Waals surface area contributed by atoms with Crippen LogP contribution >= 0.6 is 11.8 Å². The molecule has 0 spiro atoms. The summed E-state index contributed by atoms with van der Waals surface area (Å²) in [4.78, 5) is 0. The van der Waals surface area contributed by atoms with E-state index >= 15 is 0 Å². The maximum absolute atomic E-state index is 9.10. The second-order valence-corrected chi connectivity index (χ2v) is 4.19. The van der Waals surface area contributed by atoms with E-state index < -0.39 is 17.6 Å². The number of aliphatic hydroxyl groups is 3. The summed E-state index contributed by atoms with van der Waals surface area (Å²) in [6.45, 7) is 1.92. The zero-order valence-corrected chi connectivity index (χ0v) is 6.58. The molecule has 1 heterocycles. The molecule has 1 aliphatic heterocycles. The van der Waals surface area contributed by atoms with Crippen molar-refractivity contribution in [1.29, 1.82) is 0 Å². The highest BCUT2D eigenvalue weighted by atomic mass is 32.2. The summed E-state index contributed by atoms with van der Waals surface area (Å²) >= 11 is 1.30. The second-order valence-electron chi connectivity index (χ2n) is 2.63. The van der Waals surface area contributed by atoms with Crippen molar-refractivity contribution in [1.82, 2.24) is 0 Å². The maximum Gasteiger partial charge on any atom is 0.128 e.